The predicted molar refractivity (Wildman–Crippen MR) is 129 cm³/mol. The highest BCUT2D eigenvalue weighted by Crippen LogP contribution is 2.52. The number of benzene rings is 2. The number of hydrogen-bond donors (Lipinski definition) is 0. The molecule has 2 aromatic rings. The molecule has 3 aliphatic rings. The number of carbonyl (C=O) groups is 1. The summed E-state index contributed by atoms with van der Waals surface area (Å²) in [6.45, 7) is 3.70. The first kappa shape index (κ1) is 24.1. The van der Waals surface area contributed by atoms with Crippen molar-refractivity contribution < 1.29 is 31.1 Å². The van der Waals surface area contributed by atoms with Crippen molar-refractivity contribution in [2.24, 2.45) is 0 Å². The van der Waals surface area contributed by atoms with Crippen LogP contribution in [-0.2, 0) is 33.9 Å². The Balaban J connectivity index is 1.78. The van der Waals surface area contributed by atoms with Crippen LogP contribution in [0.15, 0.2) is 92.6 Å². The molecule has 1 saturated heterocycles. The van der Waals surface area contributed by atoms with Gasteiger partial charge in [-0.3, -0.25) is 4.79 Å². The van der Waals surface area contributed by atoms with Crippen molar-refractivity contribution in [1.29, 1.82) is 0 Å². The Morgan fingerprint density at radius 2 is 1.43 bits per heavy atom. The van der Waals surface area contributed by atoms with Crippen LogP contribution in [0.25, 0.3) is 0 Å². The average molecular weight is 515 g/mol. The Bertz CT molecular complexity index is 1440. The minimum atomic E-state index is -4.11. The topological polar surface area (TPSA) is 104 Å². The van der Waals surface area contributed by atoms with Gasteiger partial charge in [-0.1, -0.05) is 50.2 Å². The van der Waals surface area contributed by atoms with Crippen LogP contribution in [0.1, 0.15) is 33.1 Å². The van der Waals surface area contributed by atoms with E-state index in [2.05, 4.69) is 0 Å². The number of rotatable bonds is 6. The van der Waals surface area contributed by atoms with E-state index < -0.39 is 42.9 Å². The van der Waals surface area contributed by atoms with E-state index >= 15 is 0 Å². The van der Waals surface area contributed by atoms with Crippen LogP contribution in [-0.4, -0.2) is 45.9 Å². The fourth-order valence-corrected chi connectivity index (χ4v) is 8.90. The van der Waals surface area contributed by atoms with E-state index in [4.69, 9.17) is 9.47 Å². The lowest BCUT2D eigenvalue weighted by Crippen LogP contribution is -2.47. The molecular weight excluding hydrogens is 488 g/mol. The van der Waals surface area contributed by atoms with Crippen LogP contribution in [0.2, 0.25) is 0 Å². The van der Waals surface area contributed by atoms with Gasteiger partial charge in [-0.25, -0.2) is 16.8 Å². The van der Waals surface area contributed by atoms with Gasteiger partial charge in [0.1, 0.15) is 17.5 Å². The molecule has 0 aromatic heterocycles. The highest BCUT2D eigenvalue weighted by Gasteiger charge is 2.60. The smallest absolute Gasteiger partial charge is 0.205 e. The normalized spacial score (nSPS) is 25.8. The average Bonchev–Trinajstić information content (AvgIpc) is 3.43. The first-order valence-corrected chi connectivity index (χ1v) is 14.6. The molecule has 2 aromatic carbocycles. The number of ketones is 1. The molecule has 1 unspecified atom stereocenters. The molecule has 0 radical (unpaired) electrons. The van der Waals surface area contributed by atoms with Crippen molar-refractivity contribution in [3.8, 4) is 0 Å². The van der Waals surface area contributed by atoms with Gasteiger partial charge >= 0.3 is 0 Å². The fourth-order valence-electron chi connectivity index (χ4n) is 5.20. The Morgan fingerprint density at radius 3 is 2.00 bits per heavy atom. The van der Waals surface area contributed by atoms with Gasteiger partial charge in [0, 0.05) is 6.42 Å². The Labute approximate surface area is 205 Å². The molecule has 1 fully saturated rings. The quantitative estimate of drug-likeness (QED) is 0.578. The summed E-state index contributed by atoms with van der Waals surface area (Å²) in [5.74, 6) is -1.48. The van der Waals surface area contributed by atoms with Crippen molar-refractivity contribution in [3.63, 3.8) is 0 Å². The number of fused-ring (bicyclic) bond motifs is 2. The lowest BCUT2D eigenvalue weighted by atomic mass is 9.91. The van der Waals surface area contributed by atoms with Crippen LogP contribution < -0.4 is 0 Å². The van der Waals surface area contributed by atoms with Gasteiger partial charge in [-0.15, -0.1) is 0 Å². The summed E-state index contributed by atoms with van der Waals surface area (Å²) in [7, 11) is -8.16. The fraction of sp³-hybridized carbons (Fsp3) is 0.346. The molecule has 2 aliphatic carbocycles. The molecule has 0 amide bonds. The molecule has 5 rings (SSSR count). The van der Waals surface area contributed by atoms with Crippen LogP contribution >= 0.6 is 0 Å². The van der Waals surface area contributed by atoms with Crippen molar-refractivity contribution in [1.82, 2.24) is 0 Å². The van der Waals surface area contributed by atoms with E-state index in [9.17, 15) is 21.6 Å². The minimum absolute atomic E-state index is 0.0541. The molecule has 184 valence electrons. The minimum Gasteiger partial charge on any atom is -0.342 e. The first-order chi connectivity index (χ1) is 16.6. The third-order valence-corrected chi connectivity index (χ3v) is 11.1. The zero-order chi connectivity index (χ0) is 25.0. The second-order valence-electron chi connectivity index (χ2n) is 8.92. The van der Waals surface area contributed by atoms with Crippen LogP contribution in [0.3, 0.4) is 0 Å². The lowest BCUT2D eigenvalue weighted by Gasteiger charge is -2.34. The predicted octanol–water partition coefficient (Wildman–Crippen LogP) is 3.77. The summed E-state index contributed by atoms with van der Waals surface area (Å²) in [6, 6.07) is 15.8. The Morgan fingerprint density at radius 1 is 0.857 bits per heavy atom. The van der Waals surface area contributed by atoms with Gasteiger partial charge in [0.05, 0.1) is 14.7 Å². The summed E-state index contributed by atoms with van der Waals surface area (Å²) < 4.78 is 68.3. The van der Waals surface area contributed by atoms with Gasteiger partial charge in [0.15, 0.2) is 21.4 Å². The van der Waals surface area contributed by atoms with Crippen molar-refractivity contribution in [2.45, 2.75) is 66.1 Å². The molecule has 9 heteroatoms. The van der Waals surface area contributed by atoms with E-state index in [0.717, 1.165) is 0 Å². The highest BCUT2D eigenvalue weighted by atomic mass is 32.2. The number of ether oxygens (including phenoxy) is 2. The molecule has 7 nitrogen and oxygen atoms in total. The Hall–Kier alpha value is -2.59. The van der Waals surface area contributed by atoms with Gasteiger partial charge in [-0.05, 0) is 54.3 Å². The SMILES string of the molecule is CCC1(CC)O[C@H]2C(S(=O)(=O)c3ccccc3)=C3CC(=O)C=C3C(S(=O)(=O)c3ccccc3)[C@@H]2O1. The van der Waals surface area contributed by atoms with Crippen molar-refractivity contribution in [3.05, 3.63) is 82.8 Å². The highest BCUT2D eigenvalue weighted by molar-refractivity contribution is 7.95. The van der Waals surface area contributed by atoms with Gasteiger partial charge in [0.25, 0.3) is 0 Å². The maximum atomic E-state index is 13.9. The second-order valence-corrected chi connectivity index (χ2v) is 12.9. The van der Waals surface area contributed by atoms with Crippen LogP contribution in [0.4, 0.5) is 0 Å². The molecule has 35 heavy (non-hydrogen) atoms. The maximum Gasteiger partial charge on any atom is 0.205 e. The molecule has 1 aliphatic heterocycles. The first-order valence-electron chi connectivity index (χ1n) is 11.6. The second kappa shape index (κ2) is 8.51. The zero-order valence-electron chi connectivity index (χ0n) is 19.4. The van der Waals surface area contributed by atoms with Crippen molar-refractivity contribution >= 4 is 25.5 Å². The van der Waals surface area contributed by atoms with Crippen molar-refractivity contribution in [2.75, 3.05) is 0 Å². The standard InChI is InChI=1S/C26H26O7S2/c1-3-26(4-2)32-22-23(33-26)25(35(30,31)19-13-9-6-10-14-19)21-16-17(27)15-20(21)24(22)34(28,29)18-11-7-5-8-12-18/h5-15,22-24H,3-4,16H2,1-2H3/t22-,23-,24?/m1/s1. The van der Waals surface area contributed by atoms with E-state index in [1.54, 1.807) is 36.4 Å². The maximum absolute atomic E-state index is 13.9. The number of sulfone groups is 2. The molecule has 0 N–H and O–H groups in total. The summed E-state index contributed by atoms with van der Waals surface area (Å²) in [5, 5.41) is -1.27. The number of allylic oxidation sites excluding steroid dienone is 2. The zero-order valence-corrected chi connectivity index (χ0v) is 21.0. The molecule has 1 heterocycles. The van der Waals surface area contributed by atoms with E-state index in [-0.39, 0.29) is 38.0 Å². The van der Waals surface area contributed by atoms with E-state index in [0.29, 0.717) is 12.8 Å². The van der Waals surface area contributed by atoms with Gasteiger partial charge in [0.2, 0.25) is 9.84 Å². The number of hydrogen-bond acceptors (Lipinski definition) is 7. The van der Waals surface area contributed by atoms with Gasteiger partial charge < -0.3 is 9.47 Å². The van der Waals surface area contributed by atoms with E-state index in [1.807, 2.05) is 13.8 Å². The van der Waals surface area contributed by atoms with E-state index in [1.165, 1.54) is 30.3 Å². The molecule has 0 saturated carbocycles. The number of carbonyl (C=O) groups excluding carboxylic acids is 1. The molecule has 0 spiro atoms. The summed E-state index contributed by atoms with van der Waals surface area (Å²) in [6.07, 6.45) is -0.425. The molecular formula is C26H26O7S2. The molecule has 3 atom stereocenters. The van der Waals surface area contributed by atoms with Crippen LogP contribution in [0, 0.1) is 0 Å². The third kappa shape index (κ3) is 3.72. The Kier molecular flexibility index (Phi) is 5.87. The lowest BCUT2D eigenvalue weighted by molar-refractivity contribution is -0.175. The summed E-state index contributed by atoms with van der Waals surface area (Å²) >= 11 is 0. The summed E-state index contributed by atoms with van der Waals surface area (Å²) in [4.78, 5) is 12.7. The monoisotopic (exact) mass is 514 g/mol. The third-order valence-electron chi connectivity index (χ3n) is 6.99. The summed E-state index contributed by atoms with van der Waals surface area (Å²) in [5.41, 5.74) is 0.387. The molecule has 0 bridgehead atoms. The van der Waals surface area contributed by atoms with Gasteiger partial charge in [-0.2, -0.15) is 0 Å². The largest absolute Gasteiger partial charge is 0.342 e. The van der Waals surface area contributed by atoms with Crippen LogP contribution in [0.5, 0.6) is 0 Å².